The topological polar surface area (TPSA) is 45.7 Å². The van der Waals surface area contributed by atoms with E-state index < -0.39 is 6.36 Å². The number of halogens is 3. The van der Waals surface area contributed by atoms with Crippen molar-refractivity contribution in [2.75, 3.05) is 7.05 Å². The van der Waals surface area contributed by atoms with Gasteiger partial charge in [-0.15, -0.1) is 13.2 Å². The summed E-state index contributed by atoms with van der Waals surface area (Å²) >= 11 is 0. The maximum atomic E-state index is 12.5. The van der Waals surface area contributed by atoms with E-state index in [-0.39, 0.29) is 17.7 Å². The van der Waals surface area contributed by atoms with Crippen molar-refractivity contribution in [1.82, 2.24) is 10.6 Å². The Morgan fingerprint density at radius 3 is 2.54 bits per heavy atom. The highest BCUT2D eigenvalue weighted by atomic mass is 19.4. The minimum atomic E-state index is -4.68. The second-order valence-corrected chi connectivity index (χ2v) is 6.03. The average molecular weight is 339 g/mol. The largest absolute Gasteiger partial charge is 0.573 e. The predicted octanol–water partition coefficient (Wildman–Crippen LogP) is 3.32. The first-order valence-electron chi connectivity index (χ1n) is 7.96. The fraction of sp³-hybridized carbons (Fsp3) is 0.471. The second-order valence-electron chi connectivity index (χ2n) is 6.03. The smallest absolute Gasteiger partial charge is 0.405 e. The third kappa shape index (κ3) is 4.21. The van der Waals surface area contributed by atoms with Gasteiger partial charge in [0.2, 0.25) is 0 Å². The predicted molar refractivity (Wildman–Crippen MR) is 86.1 cm³/mol. The Bertz CT molecular complexity index is 634. The Balaban J connectivity index is 1.60. The van der Waals surface area contributed by atoms with Crippen LogP contribution in [0.4, 0.5) is 13.2 Å². The van der Waals surface area contributed by atoms with Crippen molar-refractivity contribution in [1.29, 1.82) is 0 Å². The van der Waals surface area contributed by atoms with E-state index in [1.165, 1.54) is 6.07 Å². The summed E-state index contributed by atoms with van der Waals surface area (Å²) in [5, 5.41) is 6.61. The van der Waals surface area contributed by atoms with Gasteiger partial charge < -0.3 is 15.4 Å². The van der Waals surface area contributed by atoms with E-state index in [4.69, 9.17) is 0 Å². The van der Waals surface area contributed by atoms with Crippen LogP contribution >= 0.6 is 0 Å². The van der Waals surface area contributed by atoms with Gasteiger partial charge in [-0.1, -0.05) is 30.4 Å². The van der Waals surface area contributed by atoms with Gasteiger partial charge >= 0.3 is 6.36 Å². The molecule has 7 heteroatoms. The molecule has 1 fully saturated rings. The van der Waals surface area contributed by atoms with Crippen molar-refractivity contribution >= 4 is 5.96 Å². The molecule has 0 radical (unpaired) electrons. The first-order chi connectivity index (χ1) is 11.5. The lowest BCUT2D eigenvalue weighted by atomic mass is 10.1. The van der Waals surface area contributed by atoms with Crippen molar-refractivity contribution in [2.24, 2.45) is 4.99 Å². The number of nitrogens with zero attached hydrogens (tertiary/aromatic N) is 1. The van der Waals surface area contributed by atoms with Crippen molar-refractivity contribution in [3.63, 3.8) is 0 Å². The summed E-state index contributed by atoms with van der Waals surface area (Å²) in [4.78, 5) is 4.20. The number of hydrogen-bond donors (Lipinski definition) is 2. The molecule has 24 heavy (non-hydrogen) atoms. The molecule has 4 nitrogen and oxygen atoms in total. The minimum Gasteiger partial charge on any atom is -0.405 e. The summed E-state index contributed by atoms with van der Waals surface area (Å²) in [5.41, 5.74) is 0.574. The third-order valence-electron chi connectivity index (χ3n) is 4.23. The van der Waals surface area contributed by atoms with Crippen LogP contribution < -0.4 is 15.4 Å². The Labute approximate surface area is 138 Å². The van der Waals surface area contributed by atoms with Crippen LogP contribution in [0.2, 0.25) is 0 Å². The number of aliphatic imine (C=N–C) groups is 1. The number of guanidine groups is 1. The van der Waals surface area contributed by atoms with E-state index in [9.17, 15) is 13.2 Å². The van der Waals surface area contributed by atoms with E-state index in [1.54, 1.807) is 25.2 Å². The fourth-order valence-electron chi connectivity index (χ4n) is 2.98. The van der Waals surface area contributed by atoms with E-state index in [1.807, 2.05) is 0 Å². The molecule has 0 saturated heterocycles. The van der Waals surface area contributed by atoms with Crippen LogP contribution in [0, 0.1) is 0 Å². The molecule has 2 aliphatic rings. The van der Waals surface area contributed by atoms with Crippen molar-refractivity contribution in [3.05, 3.63) is 42.0 Å². The zero-order chi connectivity index (χ0) is 17.2. The molecule has 0 spiro atoms. The van der Waals surface area contributed by atoms with Crippen LogP contribution in [0.1, 0.15) is 30.7 Å². The van der Waals surface area contributed by atoms with Crippen LogP contribution in [0.3, 0.4) is 0 Å². The Kier molecular flexibility index (Phi) is 4.69. The zero-order valence-electron chi connectivity index (χ0n) is 13.3. The molecule has 2 N–H and O–H groups in total. The SMILES string of the molecule is CN=C(NC1CC=CC1)NC1CC1c1ccccc1OC(F)(F)F. The first-order valence-corrected chi connectivity index (χ1v) is 7.96. The summed E-state index contributed by atoms with van der Waals surface area (Å²) in [5.74, 6) is 0.552. The lowest BCUT2D eigenvalue weighted by molar-refractivity contribution is -0.274. The van der Waals surface area contributed by atoms with Gasteiger partial charge in [0.25, 0.3) is 0 Å². The Morgan fingerprint density at radius 1 is 1.17 bits per heavy atom. The molecule has 0 amide bonds. The van der Waals surface area contributed by atoms with Gasteiger partial charge in [0.05, 0.1) is 0 Å². The Morgan fingerprint density at radius 2 is 1.88 bits per heavy atom. The van der Waals surface area contributed by atoms with Crippen LogP contribution in [-0.2, 0) is 0 Å². The molecule has 1 aromatic carbocycles. The van der Waals surface area contributed by atoms with Gasteiger partial charge in [0.15, 0.2) is 5.96 Å². The summed E-state index contributed by atoms with van der Waals surface area (Å²) < 4.78 is 41.7. The molecule has 0 heterocycles. The lowest BCUT2D eigenvalue weighted by Crippen LogP contribution is -2.43. The molecule has 130 valence electrons. The normalized spacial score (nSPS) is 24.1. The van der Waals surface area contributed by atoms with Gasteiger partial charge in [-0.25, -0.2) is 0 Å². The molecule has 3 rings (SSSR count). The molecule has 0 aliphatic heterocycles. The van der Waals surface area contributed by atoms with E-state index in [0.29, 0.717) is 17.6 Å². The third-order valence-corrected chi connectivity index (χ3v) is 4.23. The monoisotopic (exact) mass is 339 g/mol. The number of rotatable bonds is 4. The number of alkyl halides is 3. The molecular weight excluding hydrogens is 319 g/mol. The van der Waals surface area contributed by atoms with Crippen LogP contribution in [0.25, 0.3) is 0 Å². The zero-order valence-corrected chi connectivity index (χ0v) is 13.3. The Hall–Kier alpha value is -2.18. The molecule has 2 unspecified atom stereocenters. The maximum Gasteiger partial charge on any atom is 0.573 e. The highest BCUT2D eigenvalue weighted by Gasteiger charge is 2.42. The van der Waals surface area contributed by atoms with Gasteiger partial charge in [0, 0.05) is 25.0 Å². The molecule has 1 saturated carbocycles. The summed E-state index contributed by atoms with van der Waals surface area (Å²) in [6.45, 7) is 0. The number of para-hydroxylation sites is 1. The van der Waals surface area contributed by atoms with Gasteiger partial charge in [-0.2, -0.15) is 0 Å². The maximum absolute atomic E-state index is 12.5. The highest BCUT2D eigenvalue weighted by Crippen LogP contribution is 2.45. The summed E-state index contributed by atoms with van der Waals surface area (Å²) in [6.07, 6.45) is 2.22. The molecule has 0 bridgehead atoms. The summed E-state index contributed by atoms with van der Waals surface area (Å²) in [7, 11) is 1.69. The van der Waals surface area contributed by atoms with E-state index in [0.717, 1.165) is 19.3 Å². The summed E-state index contributed by atoms with van der Waals surface area (Å²) in [6, 6.07) is 6.70. The van der Waals surface area contributed by atoms with Crippen molar-refractivity contribution in [2.45, 2.75) is 43.6 Å². The molecule has 0 aromatic heterocycles. The minimum absolute atomic E-state index is 0.0104. The van der Waals surface area contributed by atoms with Gasteiger partial charge in [-0.3, -0.25) is 4.99 Å². The van der Waals surface area contributed by atoms with Crippen molar-refractivity contribution in [3.8, 4) is 5.75 Å². The molecule has 2 aliphatic carbocycles. The fourth-order valence-corrected chi connectivity index (χ4v) is 2.98. The van der Waals surface area contributed by atoms with Gasteiger partial charge in [0.1, 0.15) is 5.75 Å². The molecule has 1 aromatic rings. The standard InChI is InChI=1S/C17H20F3N3O/c1-21-16(22-11-6-2-3-7-11)23-14-10-13(14)12-8-4-5-9-15(12)24-17(18,19)20/h2-5,8-9,11,13-14H,6-7,10H2,1H3,(H2,21,22,23). The van der Waals surface area contributed by atoms with Crippen molar-refractivity contribution < 1.29 is 17.9 Å². The second kappa shape index (κ2) is 6.75. The van der Waals surface area contributed by atoms with Crippen LogP contribution in [0.5, 0.6) is 5.75 Å². The number of hydrogen-bond acceptors (Lipinski definition) is 2. The highest BCUT2D eigenvalue weighted by molar-refractivity contribution is 5.81. The quantitative estimate of drug-likeness (QED) is 0.502. The number of benzene rings is 1. The van der Waals surface area contributed by atoms with E-state index in [2.05, 4.69) is 32.5 Å². The lowest BCUT2D eigenvalue weighted by Gasteiger charge is -2.17. The number of nitrogens with one attached hydrogen (secondary N) is 2. The molecular formula is C17H20F3N3O. The van der Waals surface area contributed by atoms with Gasteiger partial charge in [-0.05, 0) is 30.9 Å². The van der Waals surface area contributed by atoms with E-state index >= 15 is 0 Å². The van der Waals surface area contributed by atoms with Crippen LogP contribution in [0.15, 0.2) is 41.4 Å². The average Bonchev–Trinajstić information content (AvgIpc) is 3.08. The van der Waals surface area contributed by atoms with Crippen LogP contribution in [-0.4, -0.2) is 31.5 Å². The molecule has 2 atom stereocenters. The number of ether oxygens (including phenoxy) is 1. The first kappa shape index (κ1) is 16.7.